The first-order valence-electron chi connectivity index (χ1n) is 7.12. The average Bonchev–Trinajstić information content (AvgIpc) is 3.35. The van der Waals surface area contributed by atoms with Crippen LogP contribution in [0.1, 0.15) is 10.5 Å². The number of aromatic nitrogens is 3. The lowest BCUT2D eigenvalue weighted by Gasteiger charge is -1.95. The van der Waals surface area contributed by atoms with Crippen molar-refractivity contribution >= 4 is 45.2 Å². The molecule has 0 aliphatic carbocycles. The number of anilines is 1. The highest BCUT2D eigenvalue weighted by molar-refractivity contribution is 14.1. The Bertz CT molecular complexity index is 1020. The topological polar surface area (TPSA) is 94.1 Å². The van der Waals surface area contributed by atoms with Crippen LogP contribution < -0.4 is 5.32 Å². The molecule has 0 aliphatic heterocycles. The van der Waals surface area contributed by atoms with Crippen molar-refractivity contribution in [1.82, 2.24) is 14.5 Å². The van der Waals surface area contributed by atoms with E-state index in [4.69, 9.17) is 8.94 Å². The summed E-state index contributed by atoms with van der Waals surface area (Å²) in [5.74, 6) is 1.08. The second kappa shape index (κ2) is 6.76. The summed E-state index contributed by atoms with van der Waals surface area (Å²) in [7, 11) is 0. The minimum absolute atomic E-state index is 0.170. The van der Waals surface area contributed by atoms with Gasteiger partial charge in [0.1, 0.15) is 0 Å². The minimum Gasteiger partial charge on any atom is -0.447 e. The summed E-state index contributed by atoms with van der Waals surface area (Å²) in [6, 6.07) is 14.6. The molecule has 7 nitrogen and oxygen atoms in total. The van der Waals surface area contributed by atoms with Crippen LogP contribution in [0, 0.1) is 3.77 Å². The molecule has 0 aliphatic rings. The molecule has 1 amide bonds. The zero-order valence-electron chi connectivity index (χ0n) is 12.5. The van der Waals surface area contributed by atoms with Crippen LogP contribution in [-0.4, -0.2) is 20.4 Å². The second-order valence-electron chi connectivity index (χ2n) is 4.92. The van der Waals surface area contributed by atoms with Gasteiger partial charge in [0.25, 0.3) is 5.91 Å². The van der Waals surface area contributed by atoms with E-state index in [1.165, 1.54) is 0 Å². The van der Waals surface area contributed by atoms with E-state index < -0.39 is 5.91 Å². The van der Waals surface area contributed by atoms with Crippen molar-refractivity contribution in [3.8, 4) is 22.9 Å². The van der Waals surface area contributed by atoms with Gasteiger partial charge in [0.05, 0.1) is 0 Å². The molecule has 0 atom stereocenters. The Kier molecular flexibility index (Phi) is 4.32. The number of nitrogens with zero attached hydrogens (tertiary/aromatic N) is 3. The summed E-state index contributed by atoms with van der Waals surface area (Å²) < 4.78 is 15.6. The van der Waals surface area contributed by atoms with E-state index >= 15 is 0 Å². The first-order valence-corrected chi connectivity index (χ1v) is 8.97. The van der Waals surface area contributed by atoms with Crippen LogP contribution in [0.4, 0.5) is 5.13 Å². The van der Waals surface area contributed by atoms with E-state index in [0.717, 1.165) is 20.9 Å². The Morgan fingerprint density at radius 3 is 2.72 bits per heavy atom. The maximum atomic E-state index is 12.3. The van der Waals surface area contributed by atoms with Crippen molar-refractivity contribution in [2.75, 3.05) is 5.32 Å². The number of hydrogen-bond donors (Lipinski definition) is 1. The van der Waals surface area contributed by atoms with E-state index in [1.807, 2.05) is 36.4 Å². The average molecular weight is 464 g/mol. The second-order valence-corrected chi connectivity index (χ2v) is 6.74. The van der Waals surface area contributed by atoms with Gasteiger partial charge in [-0.3, -0.25) is 10.1 Å². The summed E-state index contributed by atoms with van der Waals surface area (Å²) in [5, 5.41) is 6.82. The minimum atomic E-state index is -0.414. The smallest absolute Gasteiger partial charge is 0.279 e. The van der Waals surface area contributed by atoms with Crippen LogP contribution in [0.3, 0.4) is 0 Å². The zero-order chi connectivity index (χ0) is 17.2. The summed E-state index contributed by atoms with van der Waals surface area (Å²) in [6.45, 7) is 0. The van der Waals surface area contributed by atoms with Gasteiger partial charge in [-0.15, -0.1) is 0 Å². The van der Waals surface area contributed by atoms with E-state index in [1.54, 1.807) is 12.1 Å². The Hall–Kier alpha value is -2.53. The van der Waals surface area contributed by atoms with Crippen LogP contribution in [-0.2, 0) is 0 Å². The van der Waals surface area contributed by atoms with Gasteiger partial charge in [-0.1, -0.05) is 35.5 Å². The Morgan fingerprint density at radius 2 is 1.96 bits per heavy atom. The van der Waals surface area contributed by atoms with Crippen LogP contribution in [0.5, 0.6) is 0 Å². The van der Waals surface area contributed by atoms with Crippen LogP contribution in [0.15, 0.2) is 57.5 Å². The summed E-state index contributed by atoms with van der Waals surface area (Å²) in [5.41, 5.74) is 1.02. The number of rotatable bonds is 4. The lowest BCUT2D eigenvalue weighted by atomic mass is 10.1. The van der Waals surface area contributed by atoms with Crippen molar-refractivity contribution in [3.63, 3.8) is 0 Å². The molecule has 0 spiro atoms. The summed E-state index contributed by atoms with van der Waals surface area (Å²) >= 11 is 3.13. The summed E-state index contributed by atoms with van der Waals surface area (Å²) in [6.07, 6.45) is 0. The van der Waals surface area contributed by atoms with Crippen LogP contribution >= 0.6 is 34.1 Å². The quantitative estimate of drug-likeness (QED) is 0.453. The lowest BCUT2D eigenvalue weighted by Crippen LogP contribution is -2.11. The number of benzene rings is 1. The molecule has 25 heavy (non-hydrogen) atoms. The molecule has 4 rings (SSSR count). The molecule has 1 aromatic carbocycles. The molecule has 0 bridgehead atoms. The van der Waals surface area contributed by atoms with Crippen LogP contribution in [0.25, 0.3) is 22.9 Å². The highest BCUT2D eigenvalue weighted by atomic mass is 127. The molecule has 0 saturated heterocycles. The Morgan fingerprint density at radius 1 is 1.12 bits per heavy atom. The SMILES string of the molecule is O=C(Nc1nc(-c2ccc(I)o2)ns1)c1cc(-c2ccccc2)on1. The number of nitrogens with one attached hydrogen (secondary N) is 1. The third-order valence-corrected chi connectivity index (χ3v) is 4.45. The molecule has 3 aromatic heterocycles. The number of amides is 1. The zero-order valence-corrected chi connectivity index (χ0v) is 15.4. The fourth-order valence-corrected chi connectivity index (χ4v) is 3.08. The van der Waals surface area contributed by atoms with Gasteiger partial charge in [-0.05, 0) is 34.7 Å². The van der Waals surface area contributed by atoms with Gasteiger partial charge < -0.3 is 8.94 Å². The maximum Gasteiger partial charge on any atom is 0.279 e. The molecule has 0 fully saturated rings. The van der Waals surface area contributed by atoms with E-state index in [9.17, 15) is 4.79 Å². The molecule has 3 heterocycles. The first kappa shape index (κ1) is 16.0. The molecule has 9 heteroatoms. The van der Waals surface area contributed by atoms with Gasteiger partial charge in [-0.25, -0.2) is 0 Å². The molecule has 0 radical (unpaired) electrons. The molecule has 0 unspecified atom stereocenters. The highest BCUT2D eigenvalue weighted by Crippen LogP contribution is 2.25. The first-order chi connectivity index (χ1) is 12.2. The predicted molar refractivity (Wildman–Crippen MR) is 100 cm³/mol. The van der Waals surface area contributed by atoms with Gasteiger partial charge >= 0.3 is 0 Å². The fourth-order valence-electron chi connectivity index (χ4n) is 2.09. The van der Waals surface area contributed by atoms with Gasteiger partial charge in [0.2, 0.25) is 11.0 Å². The normalized spacial score (nSPS) is 10.8. The molecular formula is C16H9IN4O3S. The standard InChI is InChI=1S/C16H9IN4O3S/c17-13-7-6-11(23-13)14-18-16(25-21-14)19-15(22)10-8-12(24-20-10)9-4-2-1-3-5-9/h1-8H,(H,18,19,21,22). The largest absolute Gasteiger partial charge is 0.447 e. The number of hydrogen-bond acceptors (Lipinski definition) is 7. The van der Waals surface area contributed by atoms with E-state index in [-0.39, 0.29) is 5.69 Å². The van der Waals surface area contributed by atoms with E-state index in [2.05, 4.69) is 42.4 Å². The Balaban J connectivity index is 1.49. The van der Waals surface area contributed by atoms with Crippen molar-refractivity contribution in [1.29, 1.82) is 0 Å². The molecular weight excluding hydrogens is 455 g/mol. The number of carbonyl (C=O) groups is 1. The maximum absolute atomic E-state index is 12.3. The van der Waals surface area contributed by atoms with Crippen LogP contribution in [0.2, 0.25) is 0 Å². The number of carbonyl (C=O) groups excluding carboxylic acids is 1. The van der Waals surface area contributed by atoms with Crippen molar-refractivity contribution < 1.29 is 13.7 Å². The third kappa shape index (κ3) is 3.46. The Labute approximate surface area is 159 Å². The van der Waals surface area contributed by atoms with Crippen molar-refractivity contribution in [3.05, 3.63) is 58.0 Å². The number of halogens is 1. The monoisotopic (exact) mass is 464 g/mol. The van der Waals surface area contributed by atoms with Gasteiger partial charge in [-0.2, -0.15) is 9.36 Å². The van der Waals surface area contributed by atoms with Crippen molar-refractivity contribution in [2.24, 2.45) is 0 Å². The lowest BCUT2D eigenvalue weighted by molar-refractivity contribution is 0.101. The molecule has 124 valence electrons. The van der Waals surface area contributed by atoms with Gasteiger partial charge in [0.15, 0.2) is 21.0 Å². The third-order valence-electron chi connectivity index (χ3n) is 3.24. The van der Waals surface area contributed by atoms with Gasteiger partial charge in [0, 0.05) is 23.2 Å². The van der Waals surface area contributed by atoms with E-state index in [0.29, 0.717) is 22.5 Å². The molecule has 1 N–H and O–H groups in total. The highest BCUT2D eigenvalue weighted by Gasteiger charge is 2.17. The number of furan rings is 1. The molecule has 4 aromatic rings. The van der Waals surface area contributed by atoms with Crippen molar-refractivity contribution in [2.45, 2.75) is 0 Å². The molecule has 0 saturated carbocycles. The fraction of sp³-hybridized carbons (Fsp3) is 0. The summed E-state index contributed by atoms with van der Waals surface area (Å²) in [4.78, 5) is 16.5. The predicted octanol–water partition coefficient (Wildman–Crippen LogP) is 4.31.